The molecule has 0 saturated heterocycles. The van der Waals surface area contributed by atoms with Crippen molar-refractivity contribution >= 4 is 44.0 Å². The van der Waals surface area contributed by atoms with E-state index >= 15 is 0 Å². The van der Waals surface area contributed by atoms with Crippen LogP contribution in [0.1, 0.15) is 0 Å². The number of thiophene rings is 1. The minimum absolute atomic E-state index is 0.488. The molecule has 0 atom stereocenters. The van der Waals surface area contributed by atoms with Crippen LogP contribution in [0.5, 0.6) is 0 Å². The predicted molar refractivity (Wildman–Crippen MR) is 133 cm³/mol. The third-order valence-electron chi connectivity index (χ3n) is 5.06. The van der Waals surface area contributed by atoms with Crippen LogP contribution in [-0.2, 0) is 0 Å². The van der Waals surface area contributed by atoms with Crippen molar-refractivity contribution in [2.24, 2.45) is 0 Å². The molecule has 4 N–H and O–H groups in total. The summed E-state index contributed by atoms with van der Waals surface area (Å²) in [6.45, 7) is 0. The highest BCUT2D eigenvalue weighted by atomic mass is 32.1. The van der Waals surface area contributed by atoms with Crippen molar-refractivity contribution in [3.8, 4) is 21.8 Å². The molecular weight excluding hydrogens is 416 g/mol. The van der Waals surface area contributed by atoms with Crippen molar-refractivity contribution in [3.05, 3.63) is 97.3 Å². The molecule has 0 fully saturated rings. The van der Waals surface area contributed by atoms with Gasteiger partial charge in [-0.1, -0.05) is 36.4 Å². The average Bonchev–Trinajstić information content (AvgIpc) is 3.44. The molecule has 156 valence electrons. The number of fused-ring (bicyclic) bond motifs is 2. The monoisotopic (exact) mass is 436 g/mol. The second-order valence-electron chi connectivity index (χ2n) is 7.17. The number of hydrogen-bond donors (Lipinski definition) is 2. The number of aromatic nitrogens is 2. The van der Waals surface area contributed by atoms with Crippen LogP contribution in [0.4, 0.5) is 11.6 Å². The molecule has 6 rings (SSSR count). The van der Waals surface area contributed by atoms with Crippen LogP contribution < -0.4 is 11.5 Å². The maximum atomic E-state index is 5.87. The Bertz CT molecular complexity index is 1340. The molecule has 6 heteroatoms. The maximum Gasteiger partial charge on any atom is 0.139 e. The molecule has 0 radical (unpaired) electrons. The first-order chi connectivity index (χ1) is 15.7. The van der Waals surface area contributed by atoms with Crippen LogP contribution >= 0.6 is 11.3 Å². The molecule has 4 aromatic heterocycles. The quantitative estimate of drug-likeness (QED) is 0.318. The summed E-state index contributed by atoms with van der Waals surface area (Å²) in [5.41, 5.74) is 14.4. The molecule has 0 aliphatic carbocycles. The molecule has 0 saturated carbocycles. The fraction of sp³-hybridized carbons (Fsp3) is 0. The molecule has 0 aliphatic rings. The lowest BCUT2D eigenvalue weighted by Gasteiger charge is -1.99. The summed E-state index contributed by atoms with van der Waals surface area (Å²) in [5.74, 6) is 1.84. The number of nitrogens with zero attached hydrogens (tertiary/aromatic N) is 2. The standard InChI is InChI=1S/C13H10N2O.C13H10N2S/c2*14-13-10(5-3-7-15-13)12-8-9-4-1-2-6-11(9)16-12/h2*1-8H,(H2,14,15). The number of nitrogens with two attached hydrogens (primary N) is 2. The van der Waals surface area contributed by atoms with Gasteiger partial charge in [0.25, 0.3) is 0 Å². The van der Waals surface area contributed by atoms with E-state index in [1.54, 1.807) is 23.7 Å². The minimum Gasteiger partial charge on any atom is -0.456 e. The molecule has 0 unspecified atom stereocenters. The Morgan fingerprint density at radius 3 is 2.00 bits per heavy atom. The Morgan fingerprint density at radius 1 is 0.656 bits per heavy atom. The van der Waals surface area contributed by atoms with Crippen LogP contribution in [0.2, 0.25) is 0 Å². The van der Waals surface area contributed by atoms with Crippen molar-refractivity contribution in [1.29, 1.82) is 0 Å². The van der Waals surface area contributed by atoms with Crippen LogP contribution in [0.15, 0.2) is 102 Å². The van der Waals surface area contributed by atoms with E-state index in [2.05, 4.69) is 34.2 Å². The molecular formula is C26H20N4OS. The second kappa shape index (κ2) is 8.53. The van der Waals surface area contributed by atoms with E-state index < -0.39 is 0 Å². The normalized spacial score (nSPS) is 10.8. The first-order valence-electron chi connectivity index (χ1n) is 10.1. The van der Waals surface area contributed by atoms with Crippen LogP contribution in [0.3, 0.4) is 0 Å². The molecule has 2 aromatic carbocycles. The number of nitrogen functional groups attached to an aromatic ring is 2. The fourth-order valence-electron chi connectivity index (χ4n) is 3.48. The van der Waals surface area contributed by atoms with E-state index in [1.165, 1.54) is 15.0 Å². The number of anilines is 2. The zero-order chi connectivity index (χ0) is 21.9. The predicted octanol–water partition coefficient (Wildman–Crippen LogP) is 6.62. The van der Waals surface area contributed by atoms with E-state index in [9.17, 15) is 0 Å². The van der Waals surface area contributed by atoms with Gasteiger partial charge in [0.05, 0.1) is 5.56 Å². The highest BCUT2D eigenvalue weighted by molar-refractivity contribution is 7.22. The summed E-state index contributed by atoms with van der Waals surface area (Å²) in [5, 5.41) is 2.33. The average molecular weight is 437 g/mol. The van der Waals surface area contributed by atoms with Gasteiger partial charge in [-0.25, -0.2) is 9.97 Å². The Kier molecular flexibility index (Phi) is 5.27. The first-order valence-corrected chi connectivity index (χ1v) is 10.9. The smallest absolute Gasteiger partial charge is 0.139 e. The fourth-order valence-corrected chi connectivity index (χ4v) is 4.58. The molecule has 6 aromatic rings. The molecule has 0 spiro atoms. The zero-order valence-electron chi connectivity index (χ0n) is 17.1. The second-order valence-corrected chi connectivity index (χ2v) is 8.25. The van der Waals surface area contributed by atoms with Gasteiger partial charge < -0.3 is 15.9 Å². The summed E-state index contributed by atoms with van der Waals surface area (Å²) in [7, 11) is 0. The topological polar surface area (TPSA) is 91.0 Å². The third kappa shape index (κ3) is 3.91. The highest BCUT2D eigenvalue weighted by Crippen LogP contribution is 2.35. The molecule has 5 nitrogen and oxygen atoms in total. The molecule has 0 amide bonds. The van der Waals surface area contributed by atoms with Gasteiger partial charge in [0.2, 0.25) is 0 Å². The van der Waals surface area contributed by atoms with Gasteiger partial charge in [-0.05, 0) is 53.9 Å². The number of furan rings is 1. The number of benzene rings is 2. The van der Waals surface area contributed by atoms with Gasteiger partial charge >= 0.3 is 0 Å². The Balaban J connectivity index is 0.000000135. The van der Waals surface area contributed by atoms with E-state index in [0.717, 1.165) is 27.9 Å². The van der Waals surface area contributed by atoms with Gasteiger partial charge in [-0.2, -0.15) is 0 Å². The maximum absolute atomic E-state index is 5.87. The third-order valence-corrected chi connectivity index (χ3v) is 6.21. The van der Waals surface area contributed by atoms with E-state index in [-0.39, 0.29) is 0 Å². The van der Waals surface area contributed by atoms with Gasteiger partial charge in [0.15, 0.2) is 0 Å². The van der Waals surface area contributed by atoms with Crippen LogP contribution in [0.25, 0.3) is 42.8 Å². The van der Waals surface area contributed by atoms with Crippen LogP contribution in [0, 0.1) is 0 Å². The van der Waals surface area contributed by atoms with E-state index in [0.29, 0.717) is 11.6 Å². The first kappa shape index (κ1) is 19.8. The number of hydrogen-bond acceptors (Lipinski definition) is 6. The van der Waals surface area contributed by atoms with Gasteiger partial charge in [-0.3, -0.25) is 0 Å². The van der Waals surface area contributed by atoms with Gasteiger partial charge in [0.1, 0.15) is 23.0 Å². The Morgan fingerprint density at radius 2 is 1.31 bits per heavy atom. The van der Waals surface area contributed by atoms with E-state index in [1.807, 2.05) is 60.7 Å². The lowest BCUT2D eigenvalue weighted by atomic mass is 10.2. The molecule has 0 bridgehead atoms. The molecule has 4 heterocycles. The largest absolute Gasteiger partial charge is 0.456 e. The lowest BCUT2D eigenvalue weighted by molar-refractivity contribution is 0.631. The summed E-state index contributed by atoms with van der Waals surface area (Å²) in [6.07, 6.45) is 3.38. The number of pyridine rings is 2. The summed E-state index contributed by atoms with van der Waals surface area (Å²) < 4.78 is 6.99. The Hall–Kier alpha value is -4.16. The highest BCUT2D eigenvalue weighted by Gasteiger charge is 2.09. The minimum atomic E-state index is 0.488. The summed E-state index contributed by atoms with van der Waals surface area (Å²) in [6, 6.07) is 28.0. The van der Waals surface area contributed by atoms with Crippen molar-refractivity contribution in [2.45, 2.75) is 0 Å². The SMILES string of the molecule is Nc1ncccc1-c1cc2ccccc2o1.Nc1ncccc1-c1cc2ccccc2s1. The van der Waals surface area contributed by atoms with Gasteiger partial charge in [-0.15, -0.1) is 11.3 Å². The lowest BCUT2D eigenvalue weighted by Crippen LogP contribution is -1.91. The molecule has 0 aliphatic heterocycles. The number of rotatable bonds is 2. The summed E-state index contributed by atoms with van der Waals surface area (Å²) in [4.78, 5) is 9.33. The Labute approximate surface area is 189 Å². The van der Waals surface area contributed by atoms with Gasteiger partial charge in [0, 0.05) is 32.9 Å². The summed E-state index contributed by atoms with van der Waals surface area (Å²) >= 11 is 1.74. The number of para-hydroxylation sites is 1. The van der Waals surface area contributed by atoms with Crippen molar-refractivity contribution in [3.63, 3.8) is 0 Å². The van der Waals surface area contributed by atoms with Crippen molar-refractivity contribution < 1.29 is 4.42 Å². The van der Waals surface area contributed by atoms with Crippen molar-refractivity contribution in [2.75, 3.05) is 11.5 Å². The van der Waals surface area contributed by atoms with Crippen molar-refractivity contribution in [1.82, 2.24) is 9.97 Å². The molecule has 32 heavy (non-hydrogen) atoms. The zero-order valence-corrected chi connectivity index (χ0v) is 17.9. The van der Waals surface area contributed by atoms with E-state index in [4.69, 9.17) is 15.9 Å². The van der Waals surface area contributed by atoms with Crippen LogP contribution in [-0.4, -0.2) is 9.97 Å².